The van der Waals surface area contributed by atoms with E-state index in [-0.39, 0.29) is 50.8 Å². The molecule has 11 nitrogen and oxygen atoms in total. The summed E-state index contributed by atoms with van der Waals surface area (Å²) in [5.74, 6) is 0.602. The molecule has 3 aromatic rings. The minimum absolute atomic E-state index is 0.0254. The van der Waals surface area contributed by atoms with E-state index in [1.807, 2.05) is 6.07 Å². The van der Waals surface area contributed by atoms with Gasteiger partial charge >= 0.3 is 5.69 Å². The van der Waals surface area contributed by atoms with E-state index in [4.69, 9.17) is 14.2 Å². The number of hydrogen-bond acceptors (Lipinski definition) is 7. The van der Waals surface area contributed by atoms with Gasteiger partial charge in [0.15, 0.2) is 11.5 Å². The summed E-state index contributed by atoms with van der Waals surface area (Å²) in [6.45, 7) is 1.11. The van der Waals surface area contributed by atoms with Crippen molar-refractivity contribution in [2.45, 2.75) is 45.0 Å². The van der Waals surface area contributed by atoms with E-state index in [1.165, 1.54) is 4.57 Å². The zero-order valence-corrected chi connectivity index (χ0v) is 20.2. The zero-order valence-electron chi connectivity index (χ0n) is 20.2. The summed E-state index contributed by atoms with van der Waals surface area (Å²) in [4.78, 5) is 51.5. The van der Waals surface area contributed by atoms with Crippen molar-refractivity contribution < 1.29 is 23.8 Å². The summed E-state index contributed by atoms with van der Waals surface area (Å²) < 4.78 is 18.4. The van der Waals surface area contributed by atoms with Gasteiger partial charge in [-0.15, -0.1) is 0 Å². The highest BCUT2D eigenvalue weighted by molar-refractivity contribution is 5.81. The quantitative estimate of drug-likeness (QED) is 0.439. The van der Waals surface area contributed by atoms with Crippen molar-refractivity contribution in [2.24, 2.45) is 0 Å². The Morgan fingerprint density at radius 1 is 0.973 bits per heavy atom. The number of carbonyl (C=O) groups excluding carboxylic acids is 2. The van der Waals surface area contributed by atoms with Gasteiger partial charge in [0.2, 0.25) is 18.6 Å². The molecule has 1 atom stereocenters. The van der Waals surface area contributed by atoms with E-state index in [9.17, 15) is 19.2 Å². The van der Waals surface area contributed by atoms with E-state index in [0.717, 1.165) is 23.0 Å². The minimum atomic E-state index is -0.639. The number of fused-ring (bicyclic) bond motifs is 2. The van der Waals surface area contributed by atoms with Crippen LogP contribution in [0.25, 0.3) is 10.9 Å². The van der Waals surface area contributed by atoms with Gasteiger partial charge in [-0.05, 0) is 42.7 Å². The van der Waals surface area contributed by atoms with Crippen molar-refractivity contribution in [2.75, 3.05) is 19.9 Å². The van der Waals surface area contributed by atoms with Crippen LogP contribution in [0.4, 0.5) is 0 Å². The molecule has 0 aliphatic carbocycles. The maximum atomic E-state index is 13.3. The molecule has 0 radical (unpaired) electrons. The number of ether oxygens (including phenoxy) is 3. The highest BCUT2D eigenvalue weighted by Gasteiger charge is 2.19. The molecule has 0 bridgehead atoms. The van der Waals surface area contributed by atoms with Crippen LogP contribution in [0.15, 0.2) is 52.1 Å². The van der Waals surface area contributed by atoms with Crippen molar-refractivity contribution in [3.8, 4) is 11.5 Å². The van der Waals surface area contributed by atoms with Crippen molar-refractivity contribution in [3.05, 3.63) is 68.9 Å². The summed E-state index contributed by atoms with van der Waals surface area (Å²) in [7, 11) is 0. The highest BCUT2D eigenvalue weighted by Crippen LogP contribution is 2.32. The molecular formula is C26H28N4O7. The smallest absolute Gasteiger partial charge is 0.331 e. The number of nitrogens with zero attached hydrogens (tertiary/aromatic N) is 2. The Morgan fingerprint density at radius 2 is 1.81 bits per heavy atom. The lowest BCUT2D eigenvalue weighted by atomic mass is 10.2. The Morgan fingerprint density at radius 3 is 2.65 bits per heavy atom. The van der Waals surface area contributed by atoms with Crippen LogP contribution >= 0.6 is 0 Å². The second-order valence-electron chi connectivity index (χ2n) is 9.00. The third-order valence-electron chi connectivity index (χ3n) is 6.47. The van der Waals surface area contributed by atoms with Crippen LogP contribution in [0, 0.1) is 0 Å². The average molecular weight is 509 g/mol. The van der Waals surface area contributed by atoms with Crippen LogP contribution in [0.3, 0.4) is 0 Å². The van der Waals surface area contributed by atoms with Crippen LogP contribution in [0.2, 0.25) is 0 Å². The number of rotatable bonds is 9. The molecule has 5 rings (SSSR count). The molecule has 0 saturated carbocycles. The molecule has 1 fully saturated rings. The van der Waals surface area contributed by atoms with Crippen LogP contribution in [-0.4, -0.2) is 47.0 Å². The molecule has 11 heteroatoms. The maximum Gasteiger partial charge on any atom is 0.331 e. The first kappa shape index (κ1) is 24.6. The van der Waals surface area contributed by atoms with Gasteiger partial charge in [0.05, 0.1) is 17.0 Å². The normalized spacial score (nSPS) is 16.2. The predicted molar refractivity (Wildman–Crippen MR) is 133 cm³/mol. The first-order valence-corrected chi connectivity index (χ1v) is 12.3. The summed E-state index contributed by atoms with van der Waals surface area (Å²) in [6, 6.07) is 12.0. The van der Waals surface area contributed by atoms with Gasteiger partial charge in [-0.1, -0.05) is 18.2 Å². The third kappa shape index (κ3) is 5.51. The van der Waals surface area contributed by atoms with Crippen molar-refractivity contribution >= 4 is 22.7 Å². The fraction of sp³-hybridized carbons (Fsp3) is 0.385. The van der Waals surface area contributed by atoms with Crippen LogP contribution < -0.4 is 31.4 Å². The molecule has 194 valence electrons. The standard InChI is InChI=1S/C26H28N4O7/c31-23(27-13-17-7-8-21-22(12-17)37-16-36-21)9-10-29-25(33)19-5-1-2-6-20(19)30(26(29)34)15-24(32)28-14-18-4-3-11-35-18/h1-2,5-8,12,18H,3-4,9-11,13-16H2,(H,27,31)(H,28,32). The van der Waals surface area contributed by atoms with Crippen molar-refractivity contribution in [1.29, 1.82) is 0 Å². The lowest BCUT2D eigenvalue weighted by Crippen LogP contribution is -2.44. The lowest BCUT2D eigenvalue weighted by molar-refractivity contribution is -0.122. The molecule has 0 spiro atoms. The third-order valence-corrected chi connectivity index (χ3v) is 6.47. The number of para-hydroxylation sites is 1. The van der Waals surface area contributed by atoms with Gasteiger partial charge in [-0.25, -0.2) is 4.79 Å². The zero-order chi connectivity index (χ0) is 25.8. The number of amides is 2. The molecule has 2 aromatic carbocycles. The number of hydrogen-bond donors (Lipinski definition) is 2. The molecule has 2 N–H and O–H groups in total. The van der Waals surface area contributed by atoms with E-state index in [1.54, 1.807) is 36.4 Å². The first-order valence-electron chi connectivity index (χ1n) is 12.3. The largest absolute Gasteiger partial charge is 0.454 e. The number of aromatic nitrogens is 2. The minimum Gasteiger partial charge on any atom is -0.454 e. The SMILES string of the molecule is O=C(CCn1c(=O)c2ccccc2n(CC(=O)NCC2CCCO2)c1=O)NCc1ccc2c(c1)OCO2. The van der Waals surface area contributed by atoms with Gasteiger partial charge in [0.25, 0.3) is 5.56 Å². The summed E-state index contributed by atoms with van der Waals surface area (Å²) in [5, 5.41) is 5.90. The Bertz CT molecular complexity index is 1440. The van der Waals surface area contributed by atoms with Crippen molar-refractivity contribution in [1.82, 2.24) is 19.8 Å². The van der Waals surface area contributed by atoms with Gasteiger partial charge in [-0.2, -0.15) is 0 Å². The molecule has 1 unspecified atom stereocenters. The van der Waals surface area contributed by atoms with E-state index < -0.39 is 11.2 Å². The lowest BCUT2D eigenvalue weighted by Gasteiger charge is -2.15. The van der Waals surface area contributed by atoms with Crippen LogP contribution in [-0.2, 0) is 34.0 Å². The molecule has 37 heavy (non-hydrogen) atoms. The number of carbonyl (C=O) groups is 2. The Kier molecular flexibility index (Phi) is 7.22. The number of nitrogens with one attached hydrogen (secondary N) is 2. The van der Waals surface area contributed by atoms with Gasteiger partial charge in [0.1, 0.15) is 6.54 Å². The van der Waals surface area contributed by atoms with E-state index in [2.05, 4.69) is 10.6 Å². The first-order chi connectivity index (χ1) is 18.0. The summed E-state index contributed by atoms with van der Waals surface area (Å²) in [6.07, 6.45) is 1.73. The molecule has 2 aliphatic heterocycles. The van der Waals surface area contributed by atoms with E-state index >= 15 is 0 Å². The van der Waals surface area contributed by atoms with E-state index in [0.29, 0.717) is 35.6 Å². The van der Waals surface area contributed by atoms with Gasteiger partial charge < -0.3 is 24.8 Å². The molecule has 3 heterocycles. The molecule has 2 aliphatic rings. The fourth-order valence-corrected chi connectivity index (χ4v) is 4.51. The van der Waals surface area contributed by atoms with Crippen molar-refractivity contribution in [3.63, 3.8) is 0 Å². The summed E-state index contributed by atoms with van der Waals surface area (Å²) in [5.41, 5.74) is 0.0600. The Balaban J connectivity index is 1.27. The monoisotopic (exact) mass is 508 g/mol. The fourth-order valence-electron chi connectivity index (χ4n) is 4.51. The predicted octanol–water partition coefficient (Wildman–Crippen LogP) is 0.894. The van der Waals surface area contributed by atoms with Crippen LogP contribution in [0.1, 0.15) is 24.8 Å². The Labute approximate surface area is 211 Å². The maximum absolute atomic E-state index is 13.3. The molecular weight excluding hydrogens is 480 g/mol. The molecule has 1 saturated heterocycles. The second-order valence-corrected chi connectivity index (χ2v) is 9.00. The molecule has 2 amide bonds. The average Bonchev–Trinajstić information content (AvgIpc) is 3.60. The highest BCUT2D eigenvalue weighted by atomic mass is 16.7. The topological polar surface area (TPSA) is 130 Å². The van der Waals surface area contributed by atoms with Gasteiger partial charge in [0, 0.05) is 32.7 Å². The summed E-state index contributed by atoms with van der Waals surface area (Å²) >= 11 is 0. The number of benzene rings is 2. The molecule has 1 aromatic heterocycles. The second kappa shape index (κ2) is 10.9. The Hall–Kier alpha value is -4.12. The van der Waals surface area contributed by atoms with Crippen LogP contribution in [0.5, 0.6) is 11.5 Å². The van der Waals surface area contributed by atoms with Gasteiger partial charge in [-0.3, -0.25) is 23.5 Å².